The third kappa shape index (κ3) is 4.07. The van der Waals surface area contributed by atoms with Gasteiger partial charge in [-0.1, -0.05) is 0 Å². The summed E-state index contributed by atoms with van der Waals surface area (Å²) in [6.07, 6.45) is 10.7. The van der Waals surface area contributed by atoms with Crippen LogP contribution in [0.3, 0.4) is 0 Å². The summed E-state index contributed by atoms with van der Waals surface area (Å²) in [4.78, 5) is 20.7. The van der Waals surface area contributed by atoms with Crippen molar-refractivity contribution in [1.29, 1.82) is 0 Å². The number of nitrogens with zero attached hydrogens (tertiary/aromatic N) is 6. The SMILES string of the molecule is CNc1cc2c(cn1)c(-c1cnn(C)c1)nn2C1CCC(Oc2cccnc2C(=O)OC)CC1. The number of pyridine rings is 2. The average Bonchev–Trinajstić information content (AvgIpc) is 3.47. The first kappa shape index (κ1) is 21.9. The van der Waals surface area contributed by atoms with Crippen LogP contribution in [0, 0.1) is 0 Å². The van der Waals surface area contributed by atoms with Gasteiger partial charge in [0.05, 0.1) is 31.0 Å². The Hall–Kier alpha value is -3.95. The van der Waals surface area contributed by atoms with E-state index in [2.05, 4.69) is 25.1 Å². The summed E-state index contributed by atoms with van der Waals surface area (Å²) in [6.45, 7) is 0. The summed E-state index contributed by atoms with van der Waals surface area (Å²) < 4.78 is 14.9. The highest BCUT2D eigenvalue weighted by Crippen LogP contribution is 2.36. The summed E-state index contributed by atoms with van der Waals surface area (Å²) in [5, 5.41) is 13.5. The number of esters is 1. The van der Waals surface area contributed by atoms with Crippen molar-refractivity contribution in [2.75, 3.05) is 19.5 Å². The Kier molecular flexibility index (Phi) is 5.87. The van der Waals surface area contributed by atoms with Crippen LogP contribution in [0.4, 0.5) is 5.82 Å². The predicted octanol–water partition coefficient (Wildman–Crippen LogP) is 3.62. The second-order valence-electron chi connectivity index (χ2n) is 8.42. The number of nitrogens with one attached hydrogen (secondary N) is 1. The van der Waals surface area contributed by atoms with E-state index in [9.17, 15) is 4.79 Å². The van der Waals surface area contributed by atoms with Crippen molar-refractivity contribution >= 4 is 22.7 Å². The second-order valence-corrected chi connectivity index (χ2v) is 8.42. The number of aromatic nitrogens is 6. The van der Waals surface area contributed by atoms with E-state index in [1.807, 2.05) is 38.8 Å². The van der Waals surface area contributed by atoms with E-state index < -0.39 is 5.97 Å². The number of hydrogen-bond donors (Lipinski definition) is 1. The molecule has 0 bridgehead atoms. The Morgan fingerprint density at radius 2 is 2.00 bits per heavy atom. The smallest absolute Gasteiger partial charge is 0.360 e. The van der Waals surface area contributed by atoms with Gasteiger partial charge in [-0.25, -0.2) is 14.8 Å². The minimum atomic E-state index is -0.496. The van der Waals surface area contributed by atoms with E-state index in [1.54, 1.807) is 23.0 Å². The molecular formula is C24H27N7O3. The number of carbonyl (C=O) groups is 1. The lowest BCUT2D eigenvalue weighted by Gasteiger charge is -2.29. The Morgan fingerprint density at radius 1 is 1.18 bits per heavy atom. The average molecular weight is 462 g/mol. The third-order valence-corrected chi connectivity index (χ3v) is 6.26. The molecule has 0 atom stereocenters. The van der Waals surface area contributed by atoms with Crippen LogP contribution in [0.15, 0.2) is 43.0 Å². The Balaban J connectivity index is 1.38. The number of carbonyl (C=O) groups excluding carboxylic acids is 1. The van der Waals surface area contributed by atoms with Crippen LogP contribution in [0.5, 0.6) is 5.75 Å². The maximum atomic E-state index is 12.0. The molecule has 0 saturated heterocycles. The van der Waals surface area contributed by atoms with Gasteiger partial charge in [-0.2, -0.15) is 10.2 Å². The van der Waals surface area contributed by atoms with Gasteiger partial charge in [0, 0.05) is 49.7 Å². The molecule has 1 N–H and O–H groups in total. The maximum Gasteiger partial charge on any atom is 0.360 e. The molecule has 4 heterocycles. The van der Waals surface area contributed by atoms with Gasteiger partial charge in [-0.15, -0.1) is 0 Å². The van der Waals surface area contributed by atoms with E-state index in [-0.39, 0.29) is 17.8 Å². The van der Waals surface area contributed by atoms with Crippen LogP contribution >= 0.6 is 0 Å². The fourth-order valence-electron chi connectivity index (χ4n) is 4.53. The van der Waals surface area contributed by atoms with Crippen LogP contribution in [-0.2, 0) is 11.8 Å². The first-order valence-electron chi connectivity index (χ1n) is 11.3. The van der Waals surface area contributed by atoms with Crippen LogP contribution in [0.25, 0.3) is 22.2 Å². The van der Waals surface area contributed by atoms with Gasteiger partial charge in [-0.05, 0) is 37.8 Å². The largest absolute Gasteiger partial charge is 0.488 e. The molecule has 0 unspecified atom stereocenters. The van der Waals surface area contributed by atoms with Crippen molar-refractivity contribution in [3.05, 3.63) is 48.7 Å². The summed E-state index contributed by atoms with van der Waals surface area (Å²) in [7, 11) is 5.10. The van der Waals surface area contributed by atoms with Crippen LogP contribution in [-0.4, -0.2) is 55.8 Å². The molecule has 0 aliphatic heterocycles. The van der Waals surface area contributed by atoms with Crippen molar-refractivity contribution < 1.29 is 14.3 Å². The second kappa shape index (κ2) is 9.12. The van der Waals surface area contributed by atoms with Gasteiger partial charge in [-0.3, -0.25) is 9.36 Å². The normalized spacial score (nSPS) is 18.1. The summed E-state index contributed by atoms with van der Waals surface area (Å²) in [5.74, 6) is 0.769. The molecule has 176 valence electrons. The molecule has 10 nitrogen and oxygen atoms in total. The van der Waals surface area contributed by atoms with Crippen LogP contribution in [0.1, 0.15) is 42.2 Å². The fraction of sp³-hybridized carbons (Fsp3) is 0.375. The quantitative estimate of drug-likeness (QED) is 0.434. The van der Waals surface area contributed by atoms with Gasteiger partial charge in [0.15, 0.2) is 11.4 Å². The third-order valence-electron chi connectivity index (χ3n) is 6.26. The number of ether oxygens (including phenoxy) is 2. The molecule has 1 saturated carbocycles. The van der Waals surface area contributed by atoms with E-state index in [0.717, 1.165) is 53.7 Å². The number of aryl methyl sites for hydroxylation is 1. The van der Waals surface area contributed by atoms with Gasteiger partial charge in [0.25, 0.3) is 0 Å². The molecule has 0 amide bonds. The predicted molar refractivity (Wildman–Crippen MR) is 127 cm³/mol. The van der Waals surface area contributed by atoms with Gasteiger partial charge >= 0.3 is 5.97 Å². The maximum absolute atomic E-state index is 12.0. The fourth-order valence-corrected chi connectivity index (χ4v) is 4.53. The molecule has 4 aromatic rings. The van der Waals surface area contributed by atoms with Crippen LogP contribution in [0.2, 0.25) is 0 Å². The lowest BCUT2D eigenvalue weighted by Crippen LogP contribution is -2.27. The minimum absolute atomic E-state index is 0.00184. The molecule has 1 fully saturated rings. The summed E-state index contributed by atoms with van der Waals surface area (Å²) in [5.41, 5.74) is 3.10. The molecule has 4 aromatic heterocycles. The van der Waals surface area contributed by atoms with E-state index in [1.165, 1.54) is 7.11 Å². The van der Waals surface area contributed by atoms with Gasteiger partial charge in [0.2, 0.25) is 0 Å². The number of methoxy groups -OCH3 is 1. The van der Waals surface area contributed by atoms with Gasteiger partial charge < -0.3 is 14.8 Å². The Bertz CT molecular complexity index is 1320. The molecule has 34 heavy (non-hydrogen) atoms. The lowest BCUT2D eigenvalue weighted by molar-refractivity contribution is 0.0580. The number of rotatable bonds is 6. The number of fused-ring (bicyclic) bond motifs is 1. The standard InChI is InChI=1S/C24H27N7O3/c1-25-21-11-19-18(13-27-21)22(15-12-28-30(2)14-15)29-31(19)16-6-8-17(9-7-16)34-20-5-4-10-26-23(20)24(32)33-3/h4-5,10-14,16-17H,6-9H2,1-3H3,(H,25,27). The summed E-state index contributed by atoms with van der Waals surface area (Å²) >= 11 is 0. The first-order valence-corrected chi connectivity index (χ1v) is 11.3. The highest BCUT2D eigenvalue weighted by Gasteiger charge is 2.28. The first-order chi connectivity index (χ1) is 16.6. The zero-order valence-electron chi connectivity index (χ0n) is 19.4. The van der Waals surface area contributed by atoms with E-state index in [0.29, 0.717) is 5.75 Å². The molecule has 1 aliphatic carbocycles. The Labute approximate surface area is 196 Å². The monoisotopic (exact) mass is 461 g/mol. The van der Waals surface area contributed by atoms with Gasteiger partial charge in [0.1, 0.15) is 11.5 Å². The zero-order valence-corrected chi connectivity index (χ0v) is 19.4. The van der Waals surface area contributed by atoms with Crippen LogP contribution < -0.4 is 10.1 Å². The molecule has 0 spiro atoms. The molecule has 0 aromatic carbocycles. The number of hydrogen-bond acceptors (Lipinski definition) is 8. The summed E-state index contributed by atoms with van der Waals surface area (Å²) in [6, 6.07) is 5.80. The van der Waals surface area contributed by atoms with Crippen molar-refractivity contribution in [1.82, 2.24) is 29.5 Å². The molecule has 10 heteroatoms. The number of anilines is 1. The minimum Gasteiger partial charge on any atom is -0.488 e. The van der Waals surface area contributed by atoms with Crippen molar-refractivity contribution in [3.63, 3.8) is 0 Å². The lowest BCUT2D eigenvalue weighted by atomic mass is 9.93. The van der Waals surface area contributed by atoms with Crippen molar-refractivity contribution in [2.45, 2.75) is 37.8 Å². The highest BCUT2D eigenvalue weighted by molar-refractivity contribution is 5.93. The van der Waals surface area contributed by atoms with Crippen molar-refractivity contribution in [3.8, 4) is 17.0 Å². The van der Waals surface area contributed by atoms with Crippen molar-refractivity contribution in [2.24, 2.45) is 7.05 Å². The zero-order chi connectivity index (χ0) is 23.7. The highest BCUT2D eigenvalue weighted by atomic mass is 16.5. The van der Waals surface area contributed by atoms with E-state index >= 15 is 0 Å². The Morgan fingerprint density at radius 3 is 2.71 bits per heavy atom. The molecular weight excluding hydrogens is 434 g/mol. The molecule has 0 radical (unpaired) electrons. The molecule has 1 aliphatic rings. The van der Waals surface area contributed by atoms with E-state index in [4.69, 9.17) is 14.6 Å². The molecule has 5 rings (SSSR count). The topological polar surface area (TPSA) is 109 Å².